The molecule has 0 atom stereocenters. The minimum absolute atomic E-state index is 0.243. The second-order valence-corrected chi connectivity index (χ2v) is 8.48. The number of nitrogens with zero attached hydrogens (tertiary/aromatic N) is 2. The van der Waals surface area contributed by atoms with Crippen molar-refractivity contribution in [3.8, 4) is 0 Å². The molecule has 1 N–H and O–H groups in total. The van der Waals surface area contributed by atoms with Gasteiger partial charge < -0.3 is 15.0 Å². The van der Waals surface area contributed by atoms with Crippen molar-refractivity contribution in [3.63, 3.8) is 0 Å². The number of hydrogen-bond acceptors (Lipinski definition) is 5. The summed E-state index contributed by atoms with van der Waals surface area (Å²) in [6.07, 6.45) is 1.16. The van der Waals surface area contributed by atoms with Crippen molar-refractivity contribution in [2.24, 2.45) is 0 Å². The summed E-state index contributed by atoms with van der Waals surface area (Å²) >= 11 is 0. The van der Waals surface area contributed by atoms with Gasteiger partial charge >= 0.3 is 0 Å². The van der Waals surface area contributed by atoms with Crippen LogP contribution in [-0.4, -0.2) is 53.4 Å². The van der Waals surface area contributed by atoms with E-state index in [4.69, 9.17) is 4.74 Å². The Morgan fingerprint density at radius 2 is 1.68 bits per heavy atom. The smallest absolute Gasteiger partial charge is 0.255 e. The minimum Gasteiger partial charge on any atom is -0.378 e. The van der Waals surface area contributed by atoms with E-state index >= 15 is 0 Å². The molecule has 0 unspecified atom stereocenters. The summed E-state index contributed by atoms with van der Waals surface area (Å²) in [4.78, 5) is 14.7. The van der Waals surface area contributed by atoms with E-state index in [0.29, 0.717) is 23.5 Å². The molecular formula is C20H25N3O4S. The number of anilines is 3. The lowest BCUT2D eigenvalue weighted by Crippen LogP contribution is -2.36. The largest absolute Gasteiger partial charge is 0.378 e. The predicted molar refractivity (Wildman–Crippen MR) is 112 cm³/mol. The topological polar surface area (TPSA) is 79.0 Å². The molecule has 1 aliphatic rings. The van der Waals surface area contributed by atoms with Crippen molar-refractivity contribution in [2.45, 2.75) is 6.92 Å². The van der Waals surface area contributed by atoms with E-state index in [1.54, 1.807) is 31.2 Å². The van der Waals surface area contributed by atoms with Crippen LogP contribution in [0.15, 0.2) is 48.5 Å². The fraction of sp³-hybridized carbons (Fsp3) is 0.350. The first-order valence-corrected chi connectivity index (χ1v) is 11.0. The van der Waals surface area contributed by atoms with Crippen LogP contribution in [0.4, 0.5) is 17.1 Å². The Morgan fingerprint density at radius 3 is 2.21 bits per heavy atom. The van der Waals surface area contributed by atoms with Gasteiger partial charge in [-0.15, -0.1) is 0 Å². The molecule has 1 amide bonds. The third kappa shape index (κ3) is 4.82. The summed E-state index contributed by atoms with van der Waals surface area (Å²) in [5.41, 5.74) is 2.81. The van der Waals surface area contributed by atoms with Crippen molar-refractivity contribution in [2.75, 3.05) is 53.6 Å². The first kappa shape index (κ1) is 20.2. The highest BCUT2D eigenvalue weighted by molar-refractivity contribution is 7.92. The van der Waals surface area contributed by atoms with E-state index in [-0.39, 0.29) is 5.91 Å². The van der Waals surface area contributed by atoms with Gasteiger partial charge in [0, 0.05) is 36.6 Å². The summed E-state index contributed by atoms with van der Waals surface area (Å²) in [6, 6.07) is 14.2. The molecule has 3 rings (SSSR count). The van der Waals surface area contributed by atoms with Crippen molar-refractivity contribution in [1.82, 2.24) is 0 Å². The summed E-state index contributed by atoms with van der Waals surface area (Å²) in [5, 5.41) is 2.87. The van der Waals surface area contributed by atoms with Gasteiger partial charge in [0.25, 0.3) is 5.91 Å². The molecule has 0 aromatic heterocycles. The monoisotopic (exact) mass is 403 g/mol. The Kier molecular flexibility index (Phi) is 6.21. The predicted octanol–water partition coefficient (Wildman–Crippen LogP) is 2.56. The first-order chi connectivity index (χ1) is 13.4. The van der Waals surface area contributed by atoms with Crippen molar-refractivity contribution in [1.29, 1.82) is 0 Å². The second-order valence-electron chi connectivity index (χ2n) is 6.58. The van der Waals surface area contributed by atoms with E-state index in [1.165, 1.54) is 4.31 Å². The molecule has 1 saturated heterocycles. The molecule has 0 bridgehead atoms. The van der Waals surface area contributed by atoms with Gasteiger partial charge in [-0.3, -0.25) is 9.10 Å². The van der Waals surface area contributed by atoms with Crippen LogP contribution in [0, 0.1) is 0 Å². The van der Waals surface area contributed by atoms with E-state index in [9.17, 15) is 13.2 Å². The van der Waals surface area contributed by atoms with Crippen LogP contribution in [0.3, 0.4) is 0 Å². The number of hydrogen-bond donors (Lipinski definition) is 1. The molecule has 0 radical (unpaired) electrons. The van der Waals surface area contributed by atoms with Crippen LogP contribution < -0.4 is 14.5 Å². The number of benzene rings is 2. The summed E-state index contributed by atoms with van der Waals surface area (Å²) < 4.78 is 30.3. The van der Waals surface area contributed by atoms with Gasteiger partial charge in [0.1, 0.15) is 0 Å². The Balaban J connectivity index is 1.66. The Morgan fingerprint density at radius 1 is 1.07 bits per heavy atom. The molecule has 1 heterocycles. The quantitative estimate of drug-likeness (QED) is 0.802. The molecular weight excluding hydrogens is 378 g/mol. The van der Waals surface area contributed by atoms with Crippen LogP contribution in [0.25, 0.3) is 0 Å². The molecule has 1 aliphatic heterocycles. The van der Waals surface area contributed by atoms with E-state index in [2.05, 4.69) is 10.2 Å². The molecule has 0 saturated carbocycles. The maximum absolute atomic E-state index is 12.5. The van der Waals surface area contributed by atoms with Gasteiger partial charge in [-0.2, -0.15) is 0 Å². The number of sulfonamides is 1. The zero-order valence-electron chi connectivity index (χ0n) is 16.1. The highest BCUT2D eigenvalue weighted by Crippen LogP contribution is 2.21. The second kappa shape index (κ2) is 8.62. The number of nitrogens with one attached hydrogen (secondary N) is 1. The van der Waals surface area contributed by atoms with E-state index in [1.807, 2.05) is 24.3 Å². The molecule has 150 valence electrons. The van der Waals surface area contributed by atoms with Crippen molar-refractivity contribution >= 4 is 33.0 Å². The third-order valence-corrected chi connectivity index (χ3v) is 5.88. The lowest BCUT2D eigenvalue weighted by molar-refractivity contribution is 0.102. The average molecular weight is 404 g/mol. The standard InChI is InChI=1S/C20H25N3O4S/c1-3-23(28(2,25)26)19-8-4-16(5-9-19)20(24)21-17-6-10-18(11-7-17)22-12-14-27-15-13-22/h4-11H,3,12-15H2,1-2H3,(H,21,24). The maximum Gasteiger partial charge on any atom is 0.255 e. The molecule has 2 aromatic rings. The number of rotatable bonds is 6. The Hall–Kier alpha value is -2.58. The number of carbonyl (C=O) groups excluding carboxylic acids is 1. The minimum atomic E-state index is -3.34. The van der Waals surface area contributed by atoms with Gasteiger partial charge in [0.2, 0.25) is 10.0 Å². The third-order valence-electron chi connectivity index (χ3n) is 4.61. The highest BCUT2D eigenvalue weighted by Gasteiger charge is 2.16. The van der Waals surface area contributed by atoms with Crippen LogP contribution in [0.1, 0.15) is 17.3 Å². The first-order valence-electron chi connectivity index (χ1n) is 9.20. The summed E-state index contributed by atoms with van der Waals surface area (Å²) in [5.74, 6) is -0.243. The fourth-order valence-corrected chi connectivity index (χ4v) is 4.14. The number of morpholine rings is 1. The number of carbonyl (C=O) groups is 1. The molecule has 0 spiro atoms. The van der Waals surface area contributed by atoms with Crippen molar-refractivity contribution in [3.05, 3.63) is 54.1 Å². The molecule has 0 aliphatic carbocycles. The van der Waals surface area contributed by atoms with E-state index < -0.39 is 10.0 Å². The number of ether oxygens (including phenoxy) is 1. The average Bonchev–Trinajstić information content (AvgIpc) is 2.69. The van der Waals surface area contributed by atoms with Gasteiger partial charge in [-0.1, -0.05) is 0 Å². The summed E-state index contributed by atoms with van der Waals surface area (Å²) in [6.45, 7) is 5.27. The van der Waals surface area contributed by atoms with Crippen LogP contribution in [0.5, 0.6) is 0 Å². The fourth-order valence-electron chi connectivity index (χ4n) is 3.17. The van der Waals surface area contributed by atoms with Crippen LogP contribution in [-0.2, 0) is 14.8 Å². The van der Waals surface area contributed by atoms with Crippen LogP contribution >= 0.6 is 0 Å². The molecule has 2 aromatic carbocycles. The molecule has 1 fully saturated rings. The normalized spacial score (nSPS) is 14.6. The highest BCUT2D eigenvalue weighted by atomic mass is 32.2. The zero-order valence-corrected chi connectivity index (χ0v) is 16.9. The molecule has 28 heavy (non-hydrogen) atoms. The number of amides is 1. The Labute approximate surface area is 166 Å². The van der Waals surface area contributed by atoms with Crippen molar-refractivity contribution < 1.29 is 17.9 Å². The molecule has 8 heteroatoms. The van der Waals surface area contributed by atoms with E-state index in [0.717, 1.165) is 38.2 Å². The molecule has 7 nitrogen and oxygen atoms in total. The van der Waals surface area contributed by atoms with Crippen LogP contribution in [0.2, 0.25) is 0 Å². The summed E-state index contributed by atoms with van der Waals surface area (Å²) in [7, 11) is -3.34. The lowest BCUT2D eigenvalue weighted by Gasteiger charge is -2.28. The van der Waals surface area contributed by atoms with Gasteiger partial charge in [0.15, 0.2) is 0 Å². The Bertz CT molecular complexity index is 905. The lowest BCUT2D eigenvalue weighted by atomic mass is 10.2. The zero-order chi connectivity index (χ0) is 20.1. The van der Waals surface area contributed by atoms with Gasteiger partial charge in [0.05, 0.1) is 25.2 Å². The van der Waals surface area contributed by atoms with Gasteiger partial charge in [-0.05, 0) is 55.5 Å². The maximum atomic E-state index is 12.5. The van der Waals surface area contributed by atoms with Gasteiger partial charge in [-0.25, -0.2) is 8.42 Å². The SMILES string of the molecule is CCN(c1ccc(C(=O)Nc2ccc(N3CCOCC3)cc2)cc1)S(C)(=O)=O.